The van der Waals surface area contributed by atoms with Crippen molar-refractivity contribution < 1.29 is 8.83 Å². The largest absolute Gasteiger partial charge is 0.466 e. The van der Waals surface area contributed by atoms with Crippen LogP contribution >= 0.6 is 0 Å². The van der Waals surface area contributed by atoms with Crippen LogP contribution in [0.4, 0.5) is 0 Å². The van der Waals surface area contributed by atoms with Crippen LogP contribution in [-0.2, 0) is 12.8 Å². The SMILES string of the molecule is Cc1ccc(CCc2ccc(C)o2)o1. The molecule has 74 valence electrons. The van der Waals surface area contributed by atoms with Crippen molar-refractivity contribution in [2.24, 2.45) is 0 Å². The highest BCUT2D eigenvalue weighted by atomic mass is 16.3. The van der Waals surface area contributed by atoms with Gasteiger partial charge in [0.15, 0.2) is 0 Å². The smallest absolute Gasteiger partial charge is 0.104 e. The Labute approximate surface area is 83.5 Å². The van der Waals surface area contributed by atoms with Crippen molar-refractivity contribution in [1.82, 2.24) is 0 Å². The maximum Gasteiger partial charge on any atom is 0.104 e. The topological polar surface area (TPSA) is 26.3 Å². The van der Waals surface area contributed by atoms with E-state index < -0.39 is 0 Å². The van der Waals surface area contributed by atoms with Crippen LogP contribution in [0.2, 0.25) is 0 Å². The van der Waals surface area contributed by atoms with Gasteiger partial charge in [-0.25, -0.2) is 0 Å². The first-order valence-corrected chi connectivity index (χ1v) is 4.84. The minimum absolute atomic E-state index is 0.904. The van der Waals surface area contributed by atoms with Gasteiger partial charge in [0, 0.05) is 12.8 Å². The minimum Gasteiger partial charge on any atom is -0.466 e. The number of hydrogen-bond donors (Lipinski definition) is 0. The van der Waals surface area contributed by atoms with Gasteiger partial charge in [0.25, 0.3) is 0 Å². The third kappa shape index (κ3) is 2.08. The predicted octanol–water partition coefficient (Wildman–Crippen LogP) is 3.27. The Balaban J connectivity index is 1.94. The second-order valence-corrected chi connectivity index (χ2v) is 3.52. The van der Waals surface area contributed by atoms with E-state index in [0.29, 0.717) is 0 Å². The van der Waals surface area contributed by atoms with Crippen molar-refractivity contribution in [3.63, 3.8) is 0 Å². The Morgan fingerprint density at radius 1 is 0.786 bits per heavy atom. The van der Waals surface area contributed by atoms with Crippen molar-refractivity contribution in [3.8, 4) is 0 Å². The Hall–Kier alpha value is -1.44. The fourth-order valence-corrected chi connectivity index (χ4v) is 1.49. The number of hydrogen-bond acceptors (Lipinski definition) is 2. The molecule has 0 aliphatic rings. The van der Waals surface area contributed by atoms with Gasteiger partial charge in [0.1, 0.15) is 23.0 Å². The lowest BCUT2D eigenvalue weighted by Crippen LogP contribution is -1.86. The summed E-state index contributed by atoms with van der Waals surface area (Å²) in [7, 11) is 0. The van der Waals surface area contributed by atoms with Crippen LogP contribution in [0.3, 0.4) is 0 Å². The van der Waals surface area contributed by atoms with Crippen LogP contribution in [0, 0.1) is 13.8 Å². The van der Waals surface area contributed by atoms with Crippen molar-refractivity contribution >= 4 is 0 Å². The van der Waals surface area contributed by atoms with Crippen molar-refractivity contribution in [1.29, 1.82) is 0 Å². The fourth-order valence-electron chi connectivity index (χ4n) is 1.49. The zero-order valence-corrected chi connectivity index (χ0v) is 8.54. The van der Waals surface area contributed by atoms with Crippen LogP contribution in [0.15, 0.2) is 33.1 Å². The first kappa shape index (κ1) is 9.13. The molecular weight excluding hydrogens is 176 g/mol. The number of rotatable bonds is 3. The Morgan fingerprint density at radius 3 is 1.50 bits per heavy atom. The van der Waals surface area contributed by atoms with E-state index in [-0.39, 0.29) is 0 Å². The van der Waals surface area contributed by atoms with Gasteiger partial charge in [-0.1, -0.05) is 0 Å². The third-order valence-electron chi connectivity index (χ3n) is 2.21. The molecule has 2 heteroatoms. The molecule has 0 fully saturated rings. The zero-order valence-electron chi connectivity index (χ0n) is 8.54. The van der Waals surface area contributed by atoms with E-state index in [9.17, 15) is 0 Å². The molecule has 2 aromatic heterocycles. The molecule has 2 nitrogen and oxygen atoms in total. The summed E-state index contributed by atoms with van der Waals surface area (Å²) in [6.45, 7) is 3.92. The normalized spacial score (nSPS) is 10.7. The lowest BCUT2D eigenvalue weighted by Gasteiger charge is -1.94. The molecule has 0 amide bonds. The van der Waals surface area contributed by atoms with E-state index in [1.807, 2.05) is 38.1 Å². The van der Waals surface area contributed by atoms with E-state index in [0.717, 1.165) is 35.9 Å². The van der Waals surface area contributed by atoms with Crippen LogP contribution in [0.25, 0.3) is 0 Å². The van der Waals surface area contributed by atoms with Gasteiger partial charge in [-0.2, -0.15) is 0 Å². The summed E-state index contributed by atoms with van der Waals surface area (Å²) in [5.41, 5.74) is 0. The summed E-state index contributed by atoms with van der Waals surface area (Å²) in [5.74, 6) is 3.99. The van der Waals surface area contributed by atoms with Gasteiger partial charge in [-0.3, -0.25) is 0 Å². The molecular formula is C12H14O2. The van der Waals surface area contributed by atoms with Crippen LogP contribution < -0.4 is 0 Å². The predicted molar refractivity (Wildman–Crippen MR) is 54.3 cm³/mol. The van der Waals surface area contributed by atoms with Crippen LogP contribution in [-0.4, -0.2) is 0 Å². The molecule has 0 saturated carbocycles. The van der Waals surface area contributed by atoms with Gasteiger partial charge >= 0.3 is 0 Å². The van der Waals surface area contributed by atoms with Gasteiger partial charge in [0.05, 0.1) is 0 Å². The highest BCUT2D eigenvalue weighted by Gasteiger charge is 2.02. The molecule has 0 radical (unpaired) electrons. The lowest BCUT2D eigenvalue weighted by atomic mass is 10.2. The fraction of sp³-hybridized carbons (Fsp3) is 0.333. The maximum absolute atomic E-state index is 5.47. The molecule has 2 aromatic rings. The molecule has 0 bridgehead atoms. The highest BCUT2D eigenvalue weighted by Crippen LogP contribution is 2.12. The third-order valence-corrected chi connectivity index (χ3v) is 2.21. The van der Waals surface area contributed by atoms with E-state index in [2.05, 4.69) is 0 Å². The minimum atomic E-state index is 0.904. The van der Waals surface area contributed by atoms with Crippen LogP contribution in [0.1, 0.15) is 23.0 Å². The summed E-state index contributed by atoms with van der Waals surface area (Å²) >= 11 is 0. The lowest BCUT2D eigenvalue weighted by molar-refractivity contribution is 0.452. The monoisotopic (exact) mass is 190 g/mol. The number of aryl methyl sites for hydroxylation is 4. The molecule has 0 atom stereocenters. The first-order chi connectivity index (χ1) is 6.74. The van der Waals surface area contributed by atoms with Crippen LogP contribution in [0.5, 0.6) is 0 Å². The zero-order chi connectivity index (χ0) is 9.97. The molecule has 0 aromatic carbocycles. The molecule has 14 heavy (non-hydrogen) atoms. The van der Waals surface area contributed by atoms with E-state index in [1.165, 1.54) is 0 Å². The molecule has 0 N–H and O–H groups in total. The standard InChI is InChI=1S/C12H14O2/c1-9-3-5-11(13-9)7-8-12-6-4-10(2)14-12/h3-6H,7-8H2,1-2H3. The highest BCUT2D eigenvalue weighted by molar-refractivity contribution is 5.10. The van der Waals surface area contributed by atoms with Crippen molar-refractivity contribution in [2.75, 3.05) is 0 Å². The first-order valence-electron chi connectivity index (χ1n) is 4.84. The maximum atomic E-state index is 5.47. The van der Waals surface area contributed by atoms with Gasteiger partial charge in [-0.15, -0.1) is 0 Å². The van der Waals surface area contributed by atoms with E-state index in [1.54, 1.807) is 0 Å². The van der Waals surface area contributed by atoms with E-state index >= 15 is 0 Å². The molecule has 0 saturated heterocycles. The molecule has 2 rings (SSSR count). The second-order valence-electron chi connectivity index (χ2n) is 3.52. The summed E-state index contributed by atoms with van der Waals surface area (Å²) < 4.78 is 10.9. The average Bonchev–Trinajstić information content (AvgIpc) is 2.72. The van der Waals surface area contributed by atoms with Gasteiger partial charge in [0.2, 0.25) is 0 Å². The molecule has 2 heterocycles. The molecule has 0 unspecified atom stereocenters. The molecule has 0 aliphatic carbocycles. The van der Waals surface area contributed by atoms with E-state index in [4.69, 9.17) is 8.83 Å². The summed E-state index contributed by atoms with van der Waals surface area (Å²) in [6, 6.07) is 8.02. The molecule has 0 aliphatic heterocycles. The Kier molecular flexibility index (Phi) is 2.44. The number of furan rings is 2. The summed E-state index contributed by atoms with van der Waals surface area (Å²) in [4.78, 5) is 0. The average molecular weight is 190 g/mol. The van der Waals surface area contributed by atoms with Gasteiger partial charge in [-0.05, 0) is 38.1 Å². The van der Waals surface area contributed by atoms with Crippen molar-refractivity contribution in [2.45, 2.75) is 26.7 Å². The summed E-state index contributed by atoms with van der Waals surface area (Å²) in [6.07, 6.45) is 1.81. The van der Waals surface area contributed by atoms with Gasteiger partial charge < -0.3 is 8.83 Å². The second kappa shape index (κ2) is 3.74. The summed E-state index contributed by atoms with van der Waals surface area (Å²) in [5, 5.41) is 0. The van der Waals surface area contributed by atoms with Crippen molar-refractivity contribution in [3.05, 3.63) is 47.3 Å². The molecule has 0 spiro atoms. The Morgan fingerprint density at radius 2 is 1.21 bits per heavy atom. The Bertz CT molecular complexity index is 369. The quantitative estimate of drug-likeness (QED) is 0.742.